The maximum absolute atomic E-state index is 13.2. The van der Waals surface area contributed by atoms with Crippen LogP contribution < -0.4 is 5.32 Å². The Morgan fingerprint density at radius 2 is 1.84 bits per heavy atom. The number of hydrogen-bond donors (Lipinski definition) is 1. The average molecular weight is 434 g/mol. The van der Waals surface area contributed by atoms with Crippen LogP contribution in [0.3, 0.4) is 0 Å². The first-order valence-corrected chi connectivity index (χ1v) is 10.3. The van der Waals surface area contributed by atoms with Gasteiger partial charge in [0.05, 0.1) is 23.2 Å². The molecule has 7 nitrogen and oxygen atoms in total. The minimum atomic E-state index is -0.387. The number of fused-ring (bicyclic) bond motifs is 2. The zero-order chi connectivity index (χ0) is 21.7. The van der Waals surface area contributed by atoms with Gasteiger partial charge in [0, 0.05) is 35.6 Å². The summed E-state index contributed by atoms with van der Waals surface area (Å²) in [5.41, 5.74) is 3.29. The third-order valence-corrected chi connectivity index (χ3v) is 6.03. The van der Waals surface area contributed by atoms with Crippen LogP contribution in [-0.2, 0) is 11.2 Å². The first-order valence-electron chi connectivity index (χ1n) is 9.38. The maximum atomic E-state index is 13.2. The van der Waals surface area contributed by atoms with Crippen molar-refractivity contribution in [1.29, 1.82) is 0 Å². The van der Waals surface area contributed by atoms with E-state index in [1.165, 1.54) is 36.6 Å². The Balaban J connectivity index is 1.35. The van der Waals surface area contributed by atoms with E-state index in [1.54, 1.807) is 24.3 Å². The second-order valence-corrected chi connectivity index (χ2v) is 8.00. The van der Waals surface area contributed by atoms with E-state index in [9.17, 15) is 18.8 Å². The van der Waals surface area contributed by atoms with Crippen molar-refractivity contribution in [3.05, 3.63) is 76.7 Å². The third kappa shape index (κ3) is 3.28. The number of aromatic nitrogens is 2. The van der Waals surface area contributed by atoms with Crippen molar-refractivity contribution >= 4 is 39.7 Å². The van der Waals surface area contributed by atoms with E-state index >= 15 is 0 Å². The molecule has 3 heterocycles. The van der Waals surface area contributed by atoms with Crippen LogP contribution in [0.25, 0.3) is 16.2 Å². The fraction of sp³-hybridized carbons (Fsp3) is 0.0909. The van der Waals surface area contributed by atoms with E-state index in [0.717, 1.165) is 21.1 Å². The Morgan fingerprint density at radius 1 is 1.10 bits per heavy atom. The van der Waals surface area contributed by atoms with Crippen LogP contribution in [0.15, 0.2) is 54.0 Å². The molecule has 0 radical (unpaired) electrons. The number of imide groups is 1. The molecule has 9 heteroatoms. The average Bonchev–Trinajstić information content (AvgIpc) is 3.39. The summed E-state index contributed by atoms with van der Waals surface area (Å²) in [5.74, 6) is -1.31. The van der Waals surface area contributed by atoms with Gasteiger partial charge in [-0.2, -0.15) is 0 Å². The molecule has 1 aliphatic heterocycles. The van der Waals surface area contributed by atoms with Crippen LogP contribution >= 0.6 is 11.3 Å². The molecule has 0 saturated heterocycles. The first-order chi connectivity index (χ1) is 14.9. The van der Waals surface area contributed by atoms with Crippen LogP contribution in [0.4, 0.5) is 10.1 Å². The maximum Gasteiger partial charge on any atom is 0.261 e. The molecule has 5 rings (SSSR count). The normalized spacial score (nSPS) is 13.2. The number of amides is 3. The molecule has 2 aromatic heterocycles. The number of carbonyl (C=O) groups is 3. The highest BCUT2D eigenvalue weighted by molar-refractivity contribution is 7.15. The largest absolute Gasteiger partial charge is 0.326 e. The van der Waals surface area contributed by atoms with Crippen molar-refractivity contribution < 1.29 is 18.8 Å². The van der Waals surface area contributed by atoms with Crippen LogP contribution in [0.5, 0.6) is 0 Å². The van der Waals surface area contributed by atoms with Gasteiger partial charge in [-0.05, 0) is 42.5 Å². The number of anilines is 1. The Kier molecular flexibility index (Phi) is 4.40. The smallest absolute Gasteiger partial charge is 0.261 e. The number of halogens is 1. The summed E-state index contributed by atoms with van der Waals surface area (Å²) in [6, 6.07) is 10.7. The molecule has 31 heavy (non-hydrogen) atoms. The number of thiazole rings is 1. The zero-order valence-electron chi connectivity index (χ0n) is 16.3. The highest BCUT2D eigenvalue weighted by Crippen LogP contribution is 2.26. The molecular formula is C22H15FN4O3S. The number of rotatable bonds is 4. The van der Waals surface area contributed by atoms with Crippen LogP contribution in [-0.4, -0.2) is 39.1 Å². The SMILES string of the molecule is CN1C(=O)c2ccc(NC(=O)Cc3csc4nc(-c5ccc(F)cc5)cn34)cc2C1=O. The predicted molar refractivity (Wildman–Crippen MR) is 114 cm³/mol. The number of benzene rings is 2. The molecule has 1 aliphatic rings. The summed E-state index contributed by atoms with van der Waals surface area (Å²) in [6.45, 7) is 0. The molecule has 0 spiro atoms. The van der Waals surface area contributed by atoms with Gasteiger partial charge in [-0.3, -0.25) is 23.7 Å². The summed E-state index contributed by atoms with van der Waals surface area (Å²) in [7, 11) is 1.43. The van der Waals surface area contributed by atoms with Crippen molar-refractivity contribution in [2.24, 2.45) is 0 Å². The van der Waals surface area contributed by atoms with Gasteiger partial charge in [-0.15, -0.1) is 11.3 Å². The fourth-order valence-electron chi connectivity index (χ4n) is 3.52. The summed E-state index contributed by atoms with van der Waals surface area (Å²) < 4.78 is 15.0. The Bertz CT molecular complexity index is 1370. The van der Waals surface area contributed by atoms with E-state index in [-0.39, 0.29) is 35.5 Å². The van der Waals surface area contributed by atoms with Gasteiger partial charge in [-0.1, -0.05) is 0 Å². The van der Waals surface area contributed by atoms with Crippen LogP contribution in [0, 0.1) is 5.82 Å². The lowest BCUT2D eigenvalue weighted by Gasteiger charge is -2.06. The summed E-state index contributed by atoms with van der Waals surface area (Å²) in [4.78, 5) is 43.1. The number of nitrogens with zero attached hydrogens (tertiary/aromatic N) is 3. The van der Waals surface area contributed by atoms with Crippen LogP contribution in [0.2, 0.25) is 0 Å². The van der Waals surface area contributed by atoms with Crippen LogP contribution in [0.1, 0.15) is 26.4 Å². The number of nitrogens with one attached hydrogen (secondary N) is 1. The topological polar surface area (TPSA) is 83.8 Å². The molecule has 154 valence electrons. The molecule has 0 atom stereocenters. The standard InChI is InChI=1S/C22H15FN4O3S/c1-26-20(29)16-7-6-14(8-17(16)21(26)30)24-19(28)9-15-11-31-22-25-18(10-27(15)22)12-2-4-13(23)5-3-12/h2-8,10-11H,9H2,1H3,(H,24,28). The van der Waals surface area contributed by atoms with E-state index in [4.69, 9.17) is 0 Å². The van der Waals surface area contributed by atoms with E-state index in [1.807, 2.05) is 16.0 Å². The summed E-state index contributed by atoms with van der Waals surface area (Å²) >= 11 is 1.41. The Labute approximate surface area is 179 Å². The molecule has 0 saturated carbocycles. The quantitative estimate of drug-likeness (QED) is 0.498. The molecule has 4 aromatic rings. The van der Waals surface area contributed by atoms with Gasteiger partial charge < -0.3 is 5.32 Å². The molecule has 2 aromatic carbocycles. The number of carbonyl (C=O) groups excluding carboxylic acids is 3. The third-order valence-electron chi connectivity index (χ3n) is 5.14. The molecule has 0 aliphatic carbocycles. The molecule has 0 unspecified atom stereocenters. The molecule has 0 bridgehead atoms. The summed E-state index contributed by atoms with van der Waals surface area (Å²) in [5, 5.41) is 4.64. The first kappa shape index (κ1) is 19.1. The minimum absolute atomic E-state index is 0.100. The van der Waals surface area contributed by atoms with Crippen molar-refractivity contribution in [2.45, 2.75) is 6.42 Å². The van der Waals surface area contributed by atoms with Gasteiger partial charge in [0.15, 0.2) is 4.96 Å². The van der Waals surface area contributed by atoms with Crippen molar-refractivity contribution in [3.63, 3.8) is 0 Å². The second kappa shape index (κ2) is 7.13. The Morgan fingerprint density at radius 3 is 2.61 bits per heavy atom. The zero-order valence-corrected chi connectivity index (χ0v) is 17.1. The minimum Gasteiger partial charge on any atom is -0.326 e. The monoisotopic (exact) mass is 434 g/mol. The van der Waals surface area contributed by atoms with E-state index in [2.05, 4.69) is 10.3 Å². The molecule has 3 amide bonds. The van der Waals surface area contributed by atoms with Crippen molar-refractivity contribution in [2.75, 3.05) is 12.4 Å². The van der Waals surface area contributed by atoms with Gasteiger partial charge in [0.25, 0.3) is 11.8 Å². The van der Waals surface area contributed by atoms with Crippen molar-refractivity contribution in [1.82, 2.24) is 14.3 Å². The second-order valence-electron chi connectivity index (χ2n) is 7.17. The van der Waals surface area contributed by atoms with Gasteiger partial charge in [-0.25, -0.2) is 9.37 Å². The number of hydrogen-bond acceptors (Lipinski definition) is 5. The number of imidazole rings is 1. The van der Waals surface area contributed by atoms with Gasteiger partial charge in [0.1, 0.15) is 5.82 Å². The summed E-state index contributed by atoms with van der Waals surface area (Å²) in [6.07, 6.45) is 1.92. The molecular weight excluding hydrogens is 419 g/mol. The Hall–Kier alpha value is -3.85. The van der Waals surface area contributed by atoms with Gasteiger partial charge >= 0.3 is 0 Å². The lowest BCUT2D eigenvalue weighted by atomic mass is 10.1. The molecule has 1 N–H and O–H groups in total. The van der Waals surface area contributed by atoms with E-state index in [0.29, 0.717) is 16.9 Å². The highest BCUT2D eigenvalue weighted by atomic mass is 32.1. The molecule has 0 fully saturated rings. The van der Waals surface area contributed by atoms with Crippen molar-refractivity contribution in [3.8, 4) is 11.3 Å². The fourth-order valence-corrected chi connectivity index (χ4v) is 4.40. The highest BCUT2D eigenvalue weighted by Gasteiger charge is 2.32. The lowest BCUT2D eigenvalue weighted by molar-refractivity contribution is -0.115. The predicted octanol–water partition coefficient (Wildman–Crippen LogP) is 3.61. The lowest BCUT2D eigenvalue weighted by Crippen LogP contribution is -2.24. The van der Waals surface area contributed by atoms with Gasteiger partial charge in [0.2, 0.25) is 5.91 Å². The van der Waals surface area contributed by atoms with E-state index < -0.39 is 0 Å².